The lowest BCUT2D eigenvalue weighted by molar-refractivity contribution is -0.104. The van der Waals surface area contributed by atoms with Crippen LogP contribution in [0.1, 0.15) is 6.92 Å². The van der Waals surface area contributed by atoms with E-state index in [1.54, 1.807) is 13.0 Å². The average molecular weight is 95.1 g/mol. The number of allylic oxidation sites excluding steroid dienone is 2. The van der Waals surface area contributed by atoms with Crippen molar-refractivity contribution in [3.05, 3.63) is 11.6 Å². The van der Waals surface area contributed by atoms with Crippen LogP contribution in [0.4, 0.5) is 0 Å². The summed E-state index contributed by atoms with van der Waals surface area (Å²) in [6, 6.07) is 1.69. The number of hydrogen-bond donors (Lipinski definition) is 0. The summed E-state index contributed by atoms with van der Waals surface area (Å²) in [5.74, 6) is 0. The van der Waals surface area contributed by atoms with Crippen molar-refractivity contribution in [3.63, 3.8) is 0 Å². The van der Waals surface area contributed by atoms with Crippen LogP contribution in [0.5, 0.6) is 0 Å². The number of carbonyl (C=O) groups excluding carboxylic acids is 1. The fourth-order valence-corrected chi connectivity index (χ4v) is 0.159. The summed E-state index contributed by atoms with van der Waals surface area (Å²) in [4.78, 5) is 9.68. The van der Waals surface area contributed by atoms with Crippen LogP contribution in [0.3, 0.4) is 0 Å². The molecule has 0 fully saturated rings. The van der Waals surface area contributed by atoms with Crippen LogP contribution in [-0.2, 0) is 4.79 Å². The first-order chi connectivity index (χ1) is 3.35. The summed E-state index contributed by atoms with van der Waals surface area (Å²) in [5.41, 5.74) is 0.181. The van der Waals surface area contributed by atoms with Crippen LogP contribution in [0.25, 0.3) is 0 Å². The van der Waals surface area contributed by atoms with Crippen molar-refractivity contribution < 1.29 is 4.79 Å². The zero-order valence-electron chi connectivity index (χ0n) is 4.01. The molecule has 0 unspecified atom stereocenters. The number of hydrogen-bond acceptors (Lipinski definition) is 2. The molecule has 0 aliphatic rings. The molecule has 0 aromatic carbocycles. The van der Waals surface area contributed by atoms with Crippen molar-refractivity contribution in [3.8, 4) is 6.07 Å². The Morgan fingerprint density at radius 2 is 2.43 bits per heavy atom. The highest BCUT2D eigenvalue weighted by atomic mass is 16.1. The minimum Gasteiger partial charge on any atom is -0.297 e. The van der Waals surface area contributed by atoms with Gasteiger partial charge < -0.3 is 0 Å². The summed E-state index contributed by atoms with van der Waals surface area (Å²) < 4.78 is 0. The lowest BCUT2D eigenvalue weighted by Gasteiger charge is -1.70. The topological polar surface area (TPSA) is 40.9 Å². The van der Waals surface area contributed by atoms with E-state index in [-0.39, 0.29) is 5.57 Å². The number of aldehydes is 1. The lowest BCUT2D eigenvalue weighted by atomic mass is 10.3. The van der Waals surface area contributed by atoms with Gasteiger partial charge in [-0.3, -0.25) is 4.79 Å². The normalized spacial score (nSPS) is 10.0. The van der Waals surface area contributed by atoms with Crippen molar-refractivity contribution >= 4 is 6.29 Å². The highest BCUT2D eigenvalue weighted by Crippen LogP contribution is 1.80. The molecule has 2 heteroatoms. The maximum Gasteiger partial charge on any atom is 0.160 e. The molecule has 0 amide bonds. The smallest absolute Gasteiger partial charge is 0.160 e. The first-order valence-corrected chi connectivity index (χ1v) is 1.86. The molecule has 0 aromatic heterocycles. The van der Waals surface area contributed by atoms with Crippen LogP contribution in [-0.4, -0.2) is 6.29 Å². The molecule has 36 valence electrons. The van der Waals surface area contributed by atoms with Gasteiger partial charge in [-0.15, -0.1) is 0 Å². The molecule has 0 N–H and O–H groups in total. The van der Waals surface area contributed by atoms with E-state index in [1.807, 2.05) is 0 Å². The SMILES string of the molecule is C/C=C(\C#N)C=O. The van der Waals surface area contributed by atoms with Gasteiger partial charge in [-0.25, -0.2) is 0 Å². The summed E-state index contributed by atoms with van der Waals surface area (Å²) in [6.45, 7) is 1.65. The van der Waals surface area contributed by atoms with Crippen LogP contribution in [0.15, 0.2) is 11.6 Å². The zero-order chi connectivity index (χ0) is 5.70. The van der Waals surface area contributed by atoms with E-state index in [9.17, 15) is 4.79 Å². The third kappa shape index (κ3) is 1.72. The highest BCUT2D eigenvalue weighted by Gasteiger charge is 1.82. The Labute approximate surface area is 42.1 Å². The second kappa shape index (κ2) is 3.10. The Bertz CT molecular complexity index is 130. The molecule has 0 saturated carbocycles. The van der Waals surface area contributed by atoms with Crippen molar-refractivity contribution in [1.29, 1.82) is 5.26 Å². The van der Waals surface area contributed by atoms with Crippen molar-refractivity contribution in [1.82, 2.24) is 0 Å². The second-order valence-electron chi connectivity index (χ2n) is 0.974. The van der Waals surface area contributed by atoms with Gasteiger partial charge in [0.05, 0.1) is 5.57 Å². The minimum absolute atomic E-state index is 0.181. The molecule has 0 atom stereocenters. The average Bonchev–Trinajstić information content (AvgIpc) is 1.72. The van der Waals surface area contributed by atoms with Crippen molar-refractivity contribution in [2.24, 2.45) is 0 Å². The number of rotatable bonds is 1. The Morgan fingerprint density at radius 1 is 1.86 bits per heavy atom. The van der Waals surface area contributed by atoms with Crippen molar-refractivity contribution in [2.45, 2.75) is 6.92 Å². The third-order valence-corrected chi connectivity index (χ3v) is 0.567. The Morgan fingerprint density at radius 3 is 2.43 bits per heavy atom. The van der Waals surface area contributed by atoms with Gasteiger partial charge >= 0.3 is 0 Å². The number of nitrogens with zero attached hydrogens (tertiary/aromatic N) is 1. The van der Waals surface area contributed by atoms with E-state index >= 15 is 0 Å². The molecule has 0 spiro atoms. The molecule has 0 saturated heterocycles. The summed E-state index contributed by atoms with van der Waals surface area (Å²) in [7, 11) is 0. The molecule has 0 aromatic rings. The van der Waals surface area contributed by atoms with Gasteiger partial charge in [0.25, 0.3) is 0 Å². The van der Waals surface area contributed by atoms with Gasteiger partial charge in [-0.1, -0.05) is 6.08 Å². The molecule has 0 radical (unpaired) electrons. The largest absolute Gasteiger partial charge is 0.297 e. The van der Waals surface area contributed by atoms with E-state index < -0.39 is 0 Å². The van der Waals surface area contributed by atoms with E-state index in [0.29, 0.717) is 6.29 Å². The first kappa shape index (κ1) is 5.90. The van der Waals surface area contributed by atoms with Gasteiger partial charge in [-0.05, 0) is 6.92 Å². The van der Waals surface area contributed by atoms with Crippen LogP contribution >= 0.6 is 0 Å². The van der Waals surface area contributed by atoms with Gasteiger partial charge in [0, 0.05) is 0 Å². The van der Waals surface area contributed by atoms with Gasteiger partial charge in [0.1, 0.15) is 6.07 Å². The summed E-state index contributed by atoms with van der Waals surface area (Å²) >= 11 is 0. The van der Waals surface area contributed by atoms with E-state index in [0.717, 1.165) is 0 Å². The molecule has 2 nitrogen and oxygen atoms in total. The summed E-state index contributed by atoms with van der Waals surface area (Å²) in [5, 5.41) is 7.98. The second-order valence-corrected chi connectivity index (χ2v) is 0.974. The van der Waals surface area contributed by atoms with Gasteiger partial charge in [0.2, 0.25) is 0 Å². The molecular weight excluding hydrogens is 90.1 g/mol. The molecular formula is C5H5NO. The maximum atomic E-state index is 9.68. The monoisotopic (exact) mass is 95.0 g/mol. The van der Waals surface area contributed by atoms with Crippen LogP contribution in [0.2, 0.25) is 0 Å². The van der Waals surface area contributed by atoms with Crippen LogP contribution < -0.4 is 0 Å². The molecule has 0 aliphatic heterocycles. The summed E-state index contributed by atoms with van der Waals surface area (Å²) in [6.07, 6.45) is 1.99. The van der Waals surface area contributed by atoms with E-state index in [2.05, 4.69) is 0 Å². The predicted molar refractivity (Wildman–Crippen MR) is 25.4 cm³/mol. The fourth-order valence-electron chi connectivity index (χ4n) is 0.159. The molecule has 0 aliphatic carbocycles. The van der Waals surface area contributed by atoms with Crippen LogP contribution in [0, 0.1) is 11.3 Å². The first-order valence-electron chi connectivity index (χ1n) is 1.86. The van der Waals surface area contributed by atoms with Gasteiger partial charge in [-0.2, -0.15) is 5.26 Å². The zero-order valence-corrected chi connectivity index (χ0v) is 4.01. The van der Waals surface area contributed by atoms with Crippen molar-refractivity contribution in [2.75, 3.05) is 0 Å². The van der Waals surface area contributed by atoms with E-state index in [4.69, 9.17) is 5.26 Å². The highest BCUT2D eigenvalue weighted by molar-refractivity contribution is 5.78. The quantitative estimate of drug-likeness (QED) is 0.272. The minimum atomic E-state index is 0.181. The Hall–Kier alpha value is -1.10. The van der Waals surface area contributed by atoms with E-state index in [1.165, 1.54) is 6.08 Å². The molecule has 7 heavy (non-hydrogen) atoms. The molecule has 0 heterocycles. The Balaban J connectivity index is 3.94. The lowest BCUT2D eigenvalue weighted by Crippen LogP contribution is -1.73. The standard InChI is InChI=1S/C5H5NO/c1-2-5(3-6)4-7/h2,4H,1H3/b5-2+. The molecule has 0 bridgehead atoms. The third-order valence-electron chi connectivity index (χ3n) is 0.567. The molecule has 0 rings (SSSR count). The fraction of sp³-hybridized carbons (Fsp3) is 0.200. The maximum absolute atomic E-state index is 9.68. The predicted octanol–water partition coefficient (Wildman–Crippen LogP) is 0.655. The number of carbonyl (C=O) groups is 1. The Kier molecular flexibility index (Phi) is 2.62. The van der Waals surface area contributed by atoms with Gasteiger partial charge in [0.15, 0.2) is 6.29 Å². The number of nitriles is 1.